The molecular formula is C29H28FN3O2. The SMILES string of the molecule is COc1ccc2c(c1)nc(-c1ccc(-c3ccc(F)cc3)cc1)n2CC1CCN(C(=O)C2CC2)C1. The van der Waals surface area contributed by atoms with Crippen LogP contribution in [0.5, 0.6) is 5.75 Å². The van der Waals surface area contributed by atoms with Gasteiger partial charge in [0.1, 0.15) is 17.4 Å². The molecule has 1 aliphatic heterocycles. The van der Waals surface area contributed by atoms with Gasteiger partial charge in [0.05, 0.1) is 18.1 Å². The number of carbonyl (C=O) groups excluding carboxylic acids is 1. The Balaban J connectivity index is 1.32. The van der Waals surface area contributed by atoms with Gasteiger partial charge in [-0.05, 0) is 60.6 Å². The van der Waals surface area contributed by atoms with Crippen LogP contribution >= 0.6 is 0 Å². The van der Waals surface area contributed by atoms with Crippen LogP contribution in [-0.4, -0.2) is 40.6 Å². The number of benzene rings is 3. The minimum absolute atomic E-state index is 0.237. The number of rotatable bonds is 6. The lowest BCUT2D eigenvalue weighted by atomic mass is 10.0. The summed E-state index contributed by atoms with van der Waals surface area (Å²) in [6.07, 6.45) is 3.11. The molecule has 6 heteroatoms. The molecule has 35 heavy (non-hydrogen) atoms. The first-order chi connectivity index (χ1) is 17.1. The summed E-state index contributed by atoms with van der Waals surface area (Å²) in [7, 11) is 1.66. The second-order valence-corrected chi connectivity index (χ2v) is 9.70. The normalized spacial score (nSPS) is 17.8. The number of carbonyl (C=O) groups is 1. The molecule has 2 fully saturated rings. The van der Waals surface area contributed by atoms with Crippen LogP contribution in [-0.2, 0) is 11.3 Å². The lowest BCUT2D eigenvalue weighted by molar-refractivity contribution is -0.131. The van der Waals surface area contributed by atoms with Gasteiger partial charge in [0, 0.05) is 37.2 Å². The van der Waals surface area contributed by atoms with Crippen LogP contribution in [0.4, 0.5) is 4.39 Å². The molecule has 178 valence electrons. The van der Waals surface area contributed by atoms with E-state index in [0.717, 1.165) is 78.2 Å². The fourth-order valence-electron chi connectivity index (χ4n) is 5.12. The molecule has 0 radical (unpaired) electrons. The maximum Gasteiger partial charge on any atom is 0.225 e. The minimum atomic E-state index is -0.237. The zero-order valence-corrected chi connectivity index (χ0v) is 19.8. The zero-order valence-electron chi connectivity index (χ0n) is 19.8. The first-order valence-electron chi connectivity index (χ1n) is 12.3. The fraction of sp³-hybridized carbons (Fsp3) is 0.310. The molecule has 3 aromatic carbocycles. The van der Waals surface area contributed by atoms with E-state index in [1.807, 2.05) is 12.1 Å². The molecule has 5 nitrogen and oxygen atoms in total. The number of hydrogen-bond donors (Lipinski definition) is 0. The molecule has 1 aliphatic carbocycles. The molecule has 0 N–H and O–H groups in total. The molecule has 4 aromatic rings. The number of nitrogens with zero attached hydrogens (tertiary/aromatic N) is 3. The molecule has 0 bridgehead atoms. The van der Waals surface area contributed by atoms with Crippen LogP contribution in [0.3, 0.4) is 0 Å². The number of amides is 1. The van der Waals surface area contributed by atoms with Gasteiger partial charge < -0.3 is 14.2 Å². The Morgan fingerprint density at radius 2 is 1.66 bits per heavy atom. The molecule has 2 heterocycles. The number of aromatic nitrogens is 2. The van der Waals surface area contributed by atoms with Gasteiger partial charge >= 0.3 is 0 Å². The van der Waals surface area contributed by atoms with Gasteiger partial charge in [0.25, 0.3) is 0 Å². The zero-order chi connectivity index (χ0) is 23.9. The first-order valence-corrected chi connectivity index (χ1v) is 12.3. The van der Waals surface area contributed by atoms with Gasteiger partial charge in [-0.3, -0.25) is 4.79 Å². The quantitative estimate of drug-likeness (QED) is 0.360. The third kappa shape index (κ3) is 4.29. The van der Waals surface area contributed by atoms with E-state index in [9.17, 15) is 9.18 Å². The smallest absolute Gasteiger partial charge is 0.225 e. The summed E-state index contributed by atoms with van der Waals surface area (Å²) in [5, 5.41) is 0. The fourth-order valence-corrected chi connectivity index (χ4v) is 5.12. The predicted molar refractivity (Wildman–Crippen MR) is 135 cm³/mol. The van der Waals surface area contributed by atoms with E-state index in [4.69, 9.17) is 9.72 Å². The Bertz CT molecular complexity index is 1370. The summed E-state index contributed by atoms with van der Waals surface area (Å²) in [5.41, 5.74) is 4.99. The third-order valence-corrected chi connectivity index (χ3v) is 7.24. The molecule has 0 spiro atoms. The van der Waals surface area contributed by atoms with Crippen molar-refractivity contribution < 1.29 is 13.9 Å². The Labute approximate surface area is 204 Å². The van der Waals surface area contributed by atoms with E-state index in [0.29, 0.717) is 11.8 Å². The molecule has 2 aliphatic rings. The van der Waals surface area contributed by atoms with Crippen molar-refractivity contribution in [3.63, 3.8) is 0 Å². The van der Waals surface area contributed by atoms with Crippen molar-refractivity contribution in [3.8, 4) is 28.3 Å². The van der Waals surface area contributed by atoms with Crippen LogP contribution < -0.4 is 4.74 Å². The van der Waals surface area contributed by atoms with Gasteiger partial charge in [0.2, 0.25) is 5.91 Å². The van der Waals surface area contributed by atoms with E-state index in [2.05, 4.69) is 39.8 Å². The van der Waals surface area contributed by atoms with Crippen LogP contribution in [0, 0.1) is 17.7 Å². The largest absolute Gasteiger partial charge is 0.497 e. The highest BCUT2D eigenvalue weighted by molar-refractivity contribution is 5.83. The van der Waals surface area contributed by atoms with Crippen LogP contribution in [0.2, 0.25) is 0 Å². The number of ether oxygens (including phenoxy) is 1. The first kappa shape index (κ1) is 21.8. The summed E-state index contributed by atoms with van der Waals surface area (Å²) in [4.78, 5) is 19.6. The highest BCUT2D eigenvalue weighted by Gasteiger charge is 2.36. The lowest BCUT2D eigenvalue weighted by Crippen LogP contribution is -2.30. The van der Waals surface area contributed by atoms with Crippen molar-refractivity contribution in [2.24, 2.45) is 11.8 Å². The van der Waals surface area contributed by atoms with Crippen molar-refractivity contribution in [3.05, 3.63) is 72.5 Å². The topological polar surface area (TPSA) is 47.4 Å². The molecule has 1 amide bonds. The van der Waals surface area contributed by atoms with Crippen LogP contribution in [0.25, 0.3) is 33.5 Å². The summed E-state index contributed by atoms with van der Waals surface area (Å²) in [5.74, 6) is 2.45. The maximum absolute atomic E-state index is 13.3. The molecule has 1 unspecified atom stereocenters. The monoisotopic (exact) mass is 469 g/mol. The van der Waals surface area contributed by atoms with E-state index < -0.39 is 0 Å². The van der Waals surface area contributed by atoms with E-state index in [1.165, 1.54) is 12.1 Å². The Morgan fingerprint density at radius 1 is 0.971 bits per heavy atom. The van der Waals surface area contributed by atoms with Crippen LogP contribution in [0.15, 0.2) is 66.7 Å². The molecule has 1 atom stereocenters. The van der Waals surface area contributed by atoms with Crippen molar-refractivity contribution in [2.45, 2.75) is 25.8 Å². The number of likely N-dealkylation sites (tertiary alicyclic amines) is 1. The third-order valence-electron chi connectivity index (χ3n) is 7.24. The van der Waals surface area contributed by atoms with Crippen LogP contribution in [0.1, 0.15) is 19.3 Å². The second kappa shape index (κ2) is 8.84. The number of methoxy groups -OCH3 is 1. The van der Waals surface area contributed by atoms with E-state index in [1.54, 1.807) is 19.2 Å². The molecule has 1 saturated carbocycles. The van der Waals surface area contributed by atoms with E-state index >= 15 is 0 Å². The highest BCUT2D eigenvalue weighted by Crippen LogP contribution is 2.35. The number of halogens is 1. The average Bonchev–Trinajstić information content (AvgIpc) is 3.54. The summed E-state index contributed by atoms with van der Waals surface area (Å²) < 4.78 is 21.0. The highest BCUT2D eigenvalue weighted by atomic mass is 19.1. The second-order valence-electron chi connectivity index (χ2n) is 9.70. The van der Waals surface area contributed by atoms with Crippen molar-refractivity contribution in [1.82, 2.24) is 14.5 Å². The van der Waals surface area contributed by atoms with Gasteiger partial charge in [0.15, 0.2) is 0 Å². The Hall–Kier alpha value is -3.67. The predicted octanol–water partition coefficient (Wildman–Crippen LogP) is 5.78. The molecule has 1 aromatic heterocycles. The standard InChI is InChI=1S/C29H28FN3O2/c1-35-25-12-13-27-26(16-25)31-28(22-4-2-20(3-5-22)21-8-10-24(30)11-9-21)33(27)18-19-14-15-32(17-19)29(34)23-6-7-23/h2-5,8-13,16,19,23H,6-7,14-15,17-18H2,1H3. The van der Waals surface area contributed by atoms with Crippen molar-refractivity contribution in [2.75, 3.05) is 20.2 Å². The van der Waals surface area contributed by atoms with Crippen molar-refractivity contribution in [1.29, 1.82) is 0 Å². The number of imidazole rings is 1. The summed E-state index contributed by atoms with van der Waals surface area (Å²) >= 11 is 0. The summed E-state index contributed by atoms with van der Waals surface area (Å²) in [6.45, 7) is 2.47. The Morgan fingerprint density at radius 3 is 2.34 bits per heavy atom. The number of fused-ring (bicyclic) bond motifs is 1. The molecular weight excluding hydrogens is 441 g/mol. The lowest BCUT2D eigenvalue weighted by Gasteiger charge is -2.18. The van der Waals surface area contributed by atoms with Gasteiger partial charge in [-0.1, -0.05) is 36.4 Å². The molecule has 6 rings (SSSR count). The van der Waals surface area contributed by atoms with Gasteiger partial charge in [-0.25, -0.2) is 9.37 Å². The van der Waals surface area contributed by atoms with Crippen molar-refractivity contribution >= 4 is 16.9 Å². The average molecular weight is 470 g/mol. The minimum Gasteiger partial charge on any atom is -0.497 e. The molecule has 1 saturated heterocycles. The maximum atomic E-state index is 13.3. The number of hydrogen-bond acceptors (Lipinski definition) is 3. The van der Waals surface area contributed by atoms with Gasteiger partial charge in [-0.15, -0.1) is 0 Å². The Kier molecular flexibility index (Phi) is 5.51. The summed E-state index contributed by atoms with van der Waals surface area (Å²) in [6, 6.07) is 20.8. The van der Waals surface area contributed by atoms with Gasteiger partial charge in [-0.2, -0.15) is 0 Å². The van der Waals surface area contributed by atoms with E-state index in [-0.39, 0.29) is 11.7 Å².